The summed E-state index contributed by atoms with van der Waals surface area (Å²) in [4.78, 5) is 19.2. The van der Waals surface area contributed by atoms with Gasteiger partial charge < -0.3 is 19.5 Å². The third-order valence-electron chi connectivity index (χ3n) is 4.30. The van der Waals surface area contributed by atoms with E-state index in [1.807, 2.05) is 6.07 Å². The predicted molar refractivity (Wildman–Crippen MR) is 109 cm³/mol. The van der Waals surface area contributed by atoms with E-state index < -0.39 is 12.2 Å². The number of H-pyrrole nitrogens is 1. The maximum absolute atomic E-state index is 12.5. The fourth-order valence-corrected chi connectivity index (χ4v) is 2.82. The molecule has 0 atom stereocenters. The van der Waals surface area contributed by atoms with E-state index in [-0.39, 0.29) is 35.2 Å². The van der Waals surface area contributed by atoms with Crippen LogP contribution in [-0.2, 0) is 6.54 Å². The maximum Gasteiger partial charge on any atom is 0.387 e. The second-order valence-corrected chi connectivity index (χ2v) is 6.20. The smallest absolute Gasteiger partial charge is 0.387 e. The Labute approximate surface area is 176 Å². The van der Waals surface area contributed by atoms with Crippen molar-refractivity contribution in [1.82, 2.24) is 9.97 Å². The summed E-state index contributed by atoms with van der Waals surface area (Å²) in [5.41, 5.74) is 0.739. The zero-order valence-electron chi connectivity index (χ0n) is 16.6. The van der Waals surface area contributed by atoms with E-state index in [2.05, 4.69) is 20.0 Å². The Bertz CT molecular complexity index is 1160. The number of aromatic amines is 1. The molecule has 0 radical (unpaired) electrons. The minimum atomic E-state index is -2.97. The molecule has 0 aliphatic carbocycles. The molecule has 0 aliphatic rings. The normalized spacial score (nSPS) is 10.5. The molecule has 0 spiro atoms. The predicted octanol–water partition coefficient (Wildman–Crippen LogP) is 3.54. The Morgan fingerprint density at radius 1 is 1.13 bits per heavy atom. The van der Waals surface area contributed by atoms with E-state index in [0.717, 1.165) is 0 Å². The molecule has 1 aromatic heterocycles. The average molecular weight is 428 g/mol. The molecular formula is C21H18F2N4O4. The Balaban J connectivity index is 1.86. The third kappa shape index (κ3) is 5.08. The number of halogens is 2. The number of hydrogen-bond acceptors (Lipinski definition) is 7. The summed E-state index contributed by atoms with van der Waals surface area (Å²) >= 11 is 0. The topological polar surface area (TPSA) is 109 Å². The molecule has 0 saturated carbocycles. The quantitative estimate of drug-likeness (QED) is 0.565. The number of methoxy groups -OCH3 is 2. The van der Waals surface area contributed by atoms with Gasteiger partial charge in [0.2, 0.25) is 5.95 Å². The van der Waals surface area contributed by atoms with Gasteiger partial charge in [-0.3, -0.25) is 9.78 Å². The number of hydrogen-bond donors (Lipinski definition) is 2. The van der Waals surface area contributed by atoms with Gasteiger partial charge in [0.15, 0.2) is 11.5 Å². The molecule has 3 rings (SSSR count). The van der Waals surface area contributed by atoms with Gasteiger partial charge in [0.05, 0.1) is 19.9 Å². The van der Waals surface area contributed by atoms with E-state index in [1.165, 1.54) is 26.4 Å². The van der Waals surface area contributed by atoms with Crippen LogP contribution in [0.25, 0.3) is 11.3 Å². The van der Waals surface area contributed by atoms with Crippen molar-refractivity contribution in [1.29, 1.82) is 5.26 Å². The number of nitrogens with one attached hydrogen (secondary N) is 2. The number of ether oxygens (including phenoxy) is 3. The lowest BCUT2D eigenvalue weighted by Gasteiger charge is -2.12. The van der Waals surface area contributed by atoms with Crippen LogP contribution in [0.1, 0.15) is 11.1 Å². The van der Waals surface area contributed by atoms with Crippen LogP contribution in [0.15, 0.2) is 47.3 Å². The van der Waals surface area contributed by atoms with E-state index in [1.54, 1.807) is 30.3 Å². The number of anilines is 1. The highest BCUT2D eigenvalue weighted by molar-refractivity contribution is 5.67. The summed E-state index contributed by atoms with van der Waals surface area (Å²) in [6.07, 6.45) is 0. The summed E-state index contributed by atoms with van der Waals surface area (Å²) in [7, 11) is 2.87. The molecule has 8 nitrogen and oxygen atoms in total. The molecule has 0 fully saturated rings. The second-order valence-electron chi connectivity index (χ2n) is 6.20. The summed E-state index contributed by atoms with van der Waals surface area (Å²) in [6.45, 7) is -2.77. The van der Waals surface area contributed by atoms with E-state index in [4.69, 9.17) is 9.47 Å². The van der Waals surface area contributed by atoms with Crippen molar-refractivity contribution >= 4 is 5.95 Å². The Hall–Kier alpha value is -4.13. The Morgan fingerprint density at radius 3 is 2.48 bits per heavy atom. The van der Waals surface area contributed by atoms with Gasteiger partial charge in [-0.1, -0.05) is 6.07 Å². The highest BCUT2D eigenvalue weighted by Crippen LogP contribution is 2.30. The largest absolute Gasteiger partial charge is 0.497 e. The van der Waals surface area contributed by atoms with Crippen molar-refractivity contribution in [3.05, 3.63) is 63.9 Å². The first-order chi connectivity index (χ1) is 14.9. The van der Waals surface area contributed by atoms with Gasteiger partial charge in [-0.05, 0) is 42.0 Å². The molecule has 31 heavy (non-hydrogen) atoms. The van der Waals surface area contributed by atoms with Crippen molar-refractivity contribution < 1.29 is 23.0 Å². The Morgan fingerprint density at radius 2 is 1.87 bits per heavy atom. The van der Waals surface area contributed by atoms with Gasteiger partial charge in [0.1, 0.15) is 17.4 Å². The zero-order chi connectivity index (χ0) is 22.4. The van der Waals surface area contributed by atoms with Crippen LogP contribution in [-0.4, -0.2) is 30.8 Å². The lowest BCUT2D eigenvalue weighted by molar-refractivity contribution is -0.0512. The van der Waals surface area contributed by atoms with Crippen LogP contribution in [0, 0.1) is 11.3 Å². The lowest BCUT2D eigenvalue weighted by Crippen LogP contribution is -2.17. The molecule has 2 aromatic carbocycles. The number of alkyl halides is 2. The second kappa shape index (κ2) is 9.58. The van der Waals surface area contributed by atoms with Gasteiger partial charge in [-0.25, -0.2) is 4.98 Å². The van der Waals surface area contributed by atoms with E-state index >= 15 is 0 Å². The minimum Gasteiger partial charge on any atom is -0.497 e. The molecule has 0 aliphatic heterocycles. The molecule has 0 amide bonds. The van der Waals surface area contributed by atoms with Crippen molar-refractivity contribution in [2.24, 2.45) is 0 Å². The number of aromatic nitrogens is 2. The molecule has 10 heteroatoms. The first kappa shape index (κ1) is 21.6. The van der Waals surface area contributed by atoms with E-state index in [9.17, 15) is 18.8 Å². The minimum absolute atomic E-state index is 0.0899. The molecule has 160 valence electrons. The van der Waals surface area contributed by atoms with Gasteiger partial charge in [0, 0.05) is 12.1 Å². The molecule has 0 bridgehead atoms. The Kier molecular flexibility index (Phi) is 6.67. The third-order valence-corrected chi connectivity index (χ3v) is 4.30. The monoisotopic (exact) mass is 428 g/mol. The zero-order valence-corrected chi connectivity index (χ0v) is 16.6. The van der Waals surface area contributed by atoms with Crippen molar-refractivity contribution in [3.8, 4) is 34.6 Å². The molecule has 2 N–H and O–H groups in total. The van der Waals surface area contributed by atoms with Crippen LogP contribution in [0.4, 0.5) is 14.7 Å². The van der Waals surface area contributed by atoms with E-state index in [0.29, 0.717) is 16.9 Å². The van der Waals surface area contributed by atoms with Crippen molar-refractivity contribution in [2.75, 3.05) is 19.5 Å². The molecule has 1 heterocycles. The number of nitrogens with zero attached hydrogens (tertiary/aromatic N) is 2. The molecule has 0 unspecified atom stereocenters. The fraction of sp³-hybridized carbons (Fsp3) is 0.190. The summed E-state index contributed by atoms with van der Waals surface area (Å²) in [6, 6.07) is 13.1. The SMILES string of the molecule is COc1ccc(-c2nc(NCc3ccc(OC(F)F)c(OC)c3)[nH]c(=O)c2C#N)cc1. The van der Waals surface area contributed by atoms with Crippen LogP contribution in [0.2, 0.25) is 0 Å². The molecular weight excluding hydrogens is 410 g/mol. The van der Waals surface area contributed by atoms with Gasteiger partial charge in [-0.2, -0.15) is 14.0 Å². The van der Waals surface area contributed by atoms with Crippen molar-refractivity contribution in [3.63, 3.8) is 0 Å². The summed E-state index contributed by atoms with van der Waals surface area (Å²) in [5.74, 6) is 0.813. The highest BCUT2D eigenvalue weighted by atomic mass is 19.3. The first-order valence-electron chi connectivity index (χ1n) is 8.99. The lowest BCUT2D eigenvalue weighted by atomic mass is 10.1. The number of nitriles is 1. The van der Waals surface area contributed by atoms with Crippen LogP contribution >= 0.6 is 0 Å². The molecule has 3 aromatic rings. The average Bonchev–Trinajstić information content (AvgIpc) is 2.77. The van der Waals surface area contributed by atoms with Crippen LogP contribution in [0.5, 0.6) is 17.2 Å². The first-order valence-corrected chi connectivity index (χ1v) is 8.99. The molecule has 0 saturated heterocycles. The van der Waals surface area contributed by atoms with Crippen molar-refractivity contribution in [2.45, 2.75) is 13.2 Å². The standard InChI is InChI=1S/C21H18F2N4O4/c1-29-14-6-4-13(5-7-14)18-15(10-24)19(28)27-21(26-18)25-11-12-3-8-16(31-20(22)23)17(9-12)30-2/h3-9,20H,11H2,1-2H3,(H2,25,26,27,28). The van der Waals surface area contributed by atoms with Crippen LogP contribution in [0.3, 0.4) is 0 Å². The summed E-state index contributed by atoms with van der Waals surface area (Å²) in [5, 5.41) is 12.3. The fourth-order valence-electron chi connectivity index (χ4n) is 2.82. The number of benzene rings is 2. The van der Waals surface area contributed by atoms with Gasteiger partial charge >= 0.3 is 6.61 Å². The van der Waals surface area contributed by atoms with Gasteiger partial charge in [-0.15, -0.1) is 0 Å². The summed E-state index contributed by atoms with van der Waals surface area (Å²) < 4.78 is 39.5. The maximum atomic E-state index is 12.5. The highest BCUT2D eigenvalue weighted by Gasteiger charge is 2.14. The van der Waals surface area contributed by atoms with Gasteiger partial charge in [0.25, 0.3) is 5.56 Å². The van der Waals surface area contributed by atoms with Crippen LogP contribution < -0.4 is 25.1 Å². The number of rotatable bonds is 8.